The van der Waals surface area contributed by atoms with E-state index >= 15 is 0 Å². The van der Waals surface area contributed by atoms with E-state index in [1.165, 1.54) is 32.1 Å². The molecule has 3 fully saturated rings. The molecule has 3 saturated carbocycles. The van der Waals surface area contributed by atoms with Crippen LogP contribution >= 0.6 is 0 Å². The number of nitrogens with one attached hydrogen (secondary N) is 1. The molecule has 0 aromatic heterocycles. The molecule has 0 heterocycles. The molecule has 2 unspecified atom stereocenters. The number of carbonyl (C=O) groups is 1. The van der Waals surface area contributed by atoms with Gasteiger partial charge >= 0.3 is 0 Å². The Labute approximate surface area is 115 Å². The number of hydrogen-bond acceptors (Lipinski definition) is 3. The lowest BCUT2D eigenvalue weighted by atomic mass is 9.55. The largest absolute Gasteiger partial charge is 0.378 e. The molecular weight excluding hydrogens is 240 g/mol. The molecule has 19 heavy (non-hydrogen) atoms. The lowest BCUT2D eigenvalue weighted by molar-refractivity contribution is -0.157. The van der Waals surface area contributed by atoms with Gasteiger partial charge in [0.2, 0.25) is 5.91 Å². The first-order chi connectivity index (χ1) is 9.11. The topological polar surface area (TPSA) is 64.3 Å². The Balaban J connectivity index is 1.66. The van der Waals surface area contributed by atoms with Crippen LogP contribution in [0.15, 0.2) is 0 Å². The minimum Gasteiger partial charge on any atom is -0.378 e. The number of hydrogen-bond donors (Lipinski definition) is 2. The molecule has 2 atom stereocenters. The SMILES string of the molecule is CCOC1CC(NC(=O)C2(N)CC2)C12CCCCC2. The van der Waals surface area contributed by atoms with Crippen molar-refractivity contribution in [3.05, 3.63) is 0 Å². The summed E-state index contributed by atoms with van der Waals surface area (Å²) < 4.78 is 5.90. The van der Waals surface area contributed by atoms with Crippen LogP contribution in [0.4, 0.5) is 0 Å². The molecule has 4 nitrogen and oxygen atoms in total. The summed E-state index contributed by atoms with van der Waals surface area (Å²) in [6, 6.07) is 0.290. The van der Waals surface area contributed by atoms with Crippen molar-refractivity contribution in [3.63, 3.8) is 0 Å². The molecule has 0 aromatic carbocycles. The number of carbonyl (C=O) groups excluding carboxylic acids is 1. The van der Waals surface area contributed by atoms with Gasteiger partial charge in [0.15, 0.2) is 0 Å². The van der Waals surface area contributed by atoms with Gasteiger partial charge in [-0.15, -0.1) is 0 Å². The van der Waals surface area contributed by atoms with Gasteiger partial charge in [0.05, 0.1) is 11.6 Å². The van der Waals surface area contributed by atoms with Crippen LogP contribution in [0.25, 0.3) is 0 Å². The highest BCUT2D eigenvalue weighted by Gasteiger charge is 2.57. The fraction of sp³-hybridized carbons (Fsp3) is 0.933. The van der Waals surface area contributed by atoms with Gasteiger partial charge in [-0.2, -0.15) is 0 Å². The Kier molecular flexibility index (Phi) is 3.34. The van der Waals surface area contributed by atoms with Crippen molar-refractivity contribution in [2.75, 3.05) is 6.61 Å². The molecule has 3 aliphatic rings. The maximum atomic E-state index is 12.1. The minimum absolute atomic E-state index is 0.0670. The van der Waals surface area contributed by atoms with Crippen LogP contribution < -0.4 is 11.1 Å². The molecule has 0 radical (unpaired) electrons. The maximum Gasteiger partial charge on any atom is 0.240 e. The third-order valence-corrected chi connectivity index (χ3v) is 5.48. The fourth-order valence-corrected chi connectivity index (χ4v) is 3.93. The van der Waals surface area contributed by atoms with Gasteiger partial charge in [0, 0.05) is 18.1 Å². The quantitative estimate of drug-likeness (QED) is 0.814. The van der Waals surface area contributed by atoms with Crippen LogP contribution in [0.5, 0.6) is 0 Å². The number of rotatable bonds is 4. The summed E-state index contributed by atoms with van der Waals surface area (Å²) in [5.74, 6) is 0.0670. The number of nitrogens with two attached hydrogens (primary N) is 1. The molecule has 1 spiro atoms. The Morgan fingerprint density at radius 2 is 1.95 bits per heavy atom. The Bertz CT molecular complexity index is 359. The second-order valence-corrected chi connectivity index (χ2v) is 6.66. The molecule has 0 aliphatic heterocycles. The second-order valence-electron chi connectivity index (χ2n) is 6.66. The van der Waals surface area contributed by atoms with E-state index in [-0.39, 0.29) is 17.4 Å². The predicted molar refractivity (Wildman–Crippen MR) is 73.6 cm³/mol. The van der Waals surface area contributed by atoms with Crippen molar-refractivity contribution in [1.82, 2.24) is 5.32 Å². The standard InChI is InChI=1S/C15H26N2O2/c1-2-19-12-10-11(14(12)6-4-3-5-7-14)17-13(18)15(16)8-9-15/h11-12H,2-10,16H2,1H3,(H,17,18). The molecule has 1 amide bonds. The highest BCUT2D eigenvalue weighted by molar-refractivity contribution is 5.89. The van der Waals surface area contributed by atoms with Crippen LogP contribution in [-0.2, 0) is 9.53 Å². The smallest absolute Gasteiger partial charge is 0.240 e. The molecule has 0 saturated heterocycles. The van der Waals surface area contributed by atoms with E-state index in [0.29, 0.717) is 6.10 Å². The first-order valence-electron chi connectivity index (χ1n) is 7.82. The summed E-state index contributed by atoms with van der Waals surface area (Å²) in [5.41, 5.74) is 5.64. The predicted octanol–water partition coefficient (Wildman–Crippen LogP) is 1.72. The first kappa shape index (κ1) is 13.4. The lowest BCUT2D eigenvalue weighted by Crippen LogP contribution is -2.67. The Morgan fingerprint density at radius 3 is 2.53 bits per heavy atom. The van der Waals surface area contributed by atoms with E-state index in [9.17, 15) is 4.79 Å². The molecule has 0 bridgehead atoms. The third kappa shape index (κ3) is 2.19. The number of ether oxygens (including phenoxy) is 1. The lowest BCUT2D eigenvalue weighted by Gasteiger charge is -2.57. The molecule has 0 aromatic rings. The van der Waals surface area contributed by atoms with E-state index in [0.717, 1.165) is 25.9 Å². The summed E-state index contributed by atoms with van der Waals surface area (Å²) in [6.45, 7) is 2.83. The average molecular weight is 266 g/mol. The zero-order valence-electron chi connectivity index (χ0n) is 11.9. The first-order valence-corrected chi connectivity index (χ1v) is 7.82. The van der Waals surface area contributed by atoms with Crippen molar-refractivity contribution < 1.29 is 9.53 Å². The summed E-state index contributed by atoms with van der Waals surface area (Å²) >= 11 is 0. The van der Waals surface area contributed by atoms with Gasteiger partial charge in [0.25, 0.3) is 0 Å². The van der Waals surface area contributed by atoms with Crippen molar-refractivity contribution in [3.8, 4) is 0 Å². The highest BCUT2D eigenvalue weighted by Crippen LogP contribution is 2.53. The summed E-state index contributed by atoms with van der Waals surface area (Å²) in [5, 5.41) is 3.22. The van der Waals surface area contributed by atoms with Crippen molar-refractivity contribution >= 4 is 5.91 Å². The van der Waals surface area contributed by atoms with Crippen molar-refractivity contribution in [2.45, 2.75) is 76.0 Å². The fourth-order valence-electron chi connectivity index (χ4n) is 3.93. The van der Waals surface area contributed by atoms with Crippen LogP contribution in [-0.4, -0.2) is 30.2 Å². The highest BCUT2D eigenvalue weighted by atomic mass is 16.5. The molecule has 3 aliphatic carbocycles. The monoisotopic (exact) mass is 266 g/mol. The zero-order valence-corrected chi connectivity index (χ0v) is 11.9. The number of amides is 1. The summed E-state index contributed by atoms with van der Waals surface area (Å²) in [6.07, 6.45) is 9.24. The van der Waals surface area contributed by atoms with E-state index < -0.39 is 5.54 Å². The van der Waals surface area contributed by atoms with Crippen LogP contribution in [0.2, 0.25) is 0 Å². The van der Waals surface area contributed by atoms with E-state index in [2.05, 4.69) is 12.2 Å². The third-order valence-electron chi connectivity index (χ3n) is 5.48. The molecule has 108 valence electrons. The Hall–Kier alpha value is -0.610. The van der Waals surface area contributed by atoms with Crippen LogP contribution in [0.1, 0.15) is 58.3 Å². The molecule has 3 N–H and O–H groups in total. The summed E-state index contributed by atoms with van der Waals surface area (Å²) in [4.78, 5) is 12.1. The van der Waals surface area contributed by atoms with Crippen molar-refractivity contribution in [2.24, 2.45) is 11.1 Å². The van der Waals surface area contributed by atoms with Crippen LogP contribution in [0.3, 0.4) is 0 Å². The maximum absolute atomic E-state index is 12.1. The van der Waals surface area contributed by atoms with E-state index in [4.69, 9.17) is 10.5 Å². The normalized spacial score (nSPS) is 34.6. The summed E-state index contributed by atoms with van der Waals surface area (Å²) in [7, 11) is 0. The average Bonchev–Trinajstić information content (AvgIpc) is 3.18. The van der Waals surface area contributed by atoms with Crippen LogP contribution in [0, 0.1) is 5.41 Å². The second kappa shape index (κ2) is 4.74. The minimum atomic E-state index is -0.549. The Morgan fingerprint density at radius 1 is 1.26 bits per heavy atom. The van der Waals surface area contributed by atoms with Gasteiger partial charge in [-0.05, 0) is 39.0 Å². The zero-order chi connectivity index (χ0) is 13.5. The van der Waals surface area contributed by atoms with E-state index in [1.807, 2.05) is 0 Å². The van der Waals surface area contributed by atoms with Gasteiger partial charge < -0.3 is 15.8 Å². The van der Waals surface area contributed by atoms with Gasteiger partial charge in [0.1, 0.15) is 0 Å². The molecule has 3 rings (SSSR count). The molecular formula is C15H26N2O2. The van der Waals surface area contributed by atoms with Gasteiger partial charge in [-0.1, -0.05) is 19.3 Å². The van der Waals surface area contributed by atoms with Crippen molar-refractivity contribution in [1.29, 1.82) is 0 Å². The van der Waals surface area contributed by atoms with Gasteiger partial charge in [-0.25, -0.2) is 0 Å². The van der Waals surface area contributed by atoms with Gasteiger partial charge in [-0.3, -0.25) is 4.79 Å². The molecule has 4 heteroatoms. The van der Waals surface area contributed by atoms with E-state index in [1.54, 1.807) is 0 Å².